The fourth-order valence-electron chi connectivity index (χ4n) is 5.34. The van der Waals surface area contributed by atoms with Gasteiger partial charge < -0.3 is 19.9 Å². The van der Waals surface area contributed by atoms with Crippen LogP contribution in [0.4, 0.5) is 10.3 Å². The number of carbonyl (C=O) groups excluding carboxylic acids is 1. The minimum atomic E-state index is -0.429. The summed E-state index contributed by atoms with van der Waals surface area (Å²) in [5.74, 6) is 0.708. The smallest absolute Gasteiger partial charge is 0.228 e. The fraction of sp³-hybridized carbons (Fsp3) is 0.417. The number of nitrogens with one attached hydrogen (secondary N) is 2. The number of aromatic amines is 1. The van der Waals surface area contributed by atoms with E-state index < -0.39 is 5.95 Å². The maximum atomic E-state index is 14.0. The Morgan fingerprint density at radius 2 is 2.06 bits per heavy atom. The SMILES string of the molecule is COc1nc(NC2CC(C)(C(=O)N3CCCC3)C2)nc2[nH]cc(-c3ccc4ncc(F)n4c3)c12. The zero-order valence-electron chi connectivity index (χ0n) is 19.1. The number of pyridine rings is 1. The molecule has 1 amide bonds. The van der Waals surface area contributed by atoms with Crippen molar-refractivity contribution in [1.82, 2.24) is 29.2 Å². The molecule has 2 aliphatic rings. The third kappa shape index (κ3) is 3.27. The van der Waals surface area contributed by atoms with Gasteiger partial charge in [0.2, 0.25) is 23.7 Å². The van der Waals surface area contributed by atoms with Crippen LogP contribution < -0.4 is 10.1 Å². The van der Waals surface area contributed by atoms with Crippen LogP contribution in [0.3, 0.4) is 0 Å². The van der Waals surface area contributed by atoms with E-state index in [1.54, 1.807) is 19.4 Å². The Kier molecular flexibility index (Phi) is 4.72. The molecule has 176 valence electrons. The zero-order valence-corrected chi connectivity index (χ0v) is 19.1. The molecular weight excluding hydrogens is 437 g/mol. The summed E-state index contributed by atoms with van der Waals surface area (Å²) in [6, 6.07) is 3.76. The topological polar surface area (TPSA) is 100 Å². The van der Waals surface area contributed by atoms with Gasteiger partial charge in [0.15, 0.2) is 0 Å². The lowest BCUT2D eigenvalue weighted by Crippen LogP contribution is -2.53. The van der Waals surface area contributed by atoms with Crippen LogP contribution >= 0.6 is 0 Å². The number of methoxy groups -OCH3 is 1. The van der Waals surface area contributed by atoms with E-state index in [9.17, 15) is 9.18 Å². The van der Waals surface area contributed by atoms with E-state index >= 15 is 0 Å². The van der Waals surface area contributed by atoms with E-state index in [0.717, 1.165) is 55.3 Å². The van der Waals surface area contributed by atoms with Crippen molar-refractivity contribution in [3.05, 3.63) is 36.7 Å². The second-order valence-electron chi connectivity index (χ2n) is 9.52. The maximum absolute atomic E-state index is 14.0. The second-order valence-corrected chi connectivity index (χ2v) is 9.52. The molecule has 0 bridgehead atoms. The van der Waals surface area contributed by atoms with E-state index in [-0.39, 0.29) is 17.4 Å². The van der Waals surface area contributed by atoms with Crippen molar-refractivity contribution < 1.29 is 13.9 Å². The minimum absolute atomic E-state index is 0.125. The fourth-order valence-corrected chi connectivity index (χ4v) is 5.34. The first-order chi connectivity index (χ1) is 16.4. The first-order valence-electron chi connectivity index (χ1n) is 11.6. The van der Waals surface area contributed by atoms with Gasteiger partial charge in [-0.15, -0.1) is 0 Å². The van der Waals surface area contributed by atoms with Gasteiger partial charge in [-0.1, -0.05) is 6.92 Å². The number of hydrogen-bond acceptors (Lipinski definition) is 6. The first-order valence-corrected chi connectivity index (χ1v) is 11.6. The average molecular weight is 464 g/mol. The van der Waals surface area contributed by atoms with Crippen molar-refractivity contribution in [3.63, 3.8) is 0 Å². The summed E-state index contributed by atoms with van der Waals surface area (Å²) in [6.45, 7) is 3.80. The Bertz CT molecular complexity index is 1400. The monoisotopic (exact) mass is 463 g/mol. The van der Waals surface area contributed by atoms with E-state index in [1.807, 2.05) is 24.1 Å². The largest absolute Gasteiger partial charge is 0.480 e. The third-order valence-corrected chi connectivity index (χ3v) is 7.10. The predicted molar refractivity (Wildman–Crippen MR) is 125 cm³/mol. The van der Waals surface area contributed by atoms with Crippen LogP contribution in [0.15, 0.2) is 30.7 Å². The number of halogens is 1. The van der Waals surface area contributed by atoms with E-state index in [4.69, 9.17) is 4.74 Å². The van der Waals surface area contributed by atoms with Gasteiger partial charge in [0, 0.05) is 42.7 Å². The van der Waals surface area contributed by atoms with Crippen LogP contribution in [-0.4, -0.2) is 61.4 Å². The molecule has 4 aromatic heterocycles. The molecule has 0 aromatic carbocycles. The van der Waals surface area contributed by atoms with Crippen LogP contribution in [0.25, 0.3) is 27.8 Å². The summed E-state index contributed by atoms with van der Waals surface area (Å²) in [5, 5.41) is 4.09. The van der Waals surface area contributed by atoms with Crippen molar-refractivity contribution in [2.75, 3.05) is 25.5 Å². The van der Waals surface area contributed by atoms with Crippen molar-refractivity contribution in [3.8, 4) is 17.0 Å². The van der Waals surface area contributed by atoms with Crippen LogP contribution in [0.2, 0.25) is 0 Å². The summed E-state index contributed by atoms with van der Waals surface area (Å²) in [5.41, 5.74) is 2.42. The predicted octanol–water partition coefficient (Wildman–Crippen LogP) is 3.62. The number of hydrogen-bond donors (Lipinski definition) is 2. The lowest BCUT2D eigenvalue weighted by molar-refractivity contribution is -0.145. The molecule has 9 nitrogen and oxygen atoms in total. The second kappa shape index (κ2) is 7.68. The van der Waals surface area contributed by atoms with Gasteiger partial charge in [0.05, 0.1) is 24.1 Å². The van der Waals surface area contributed by atoms with Gasteiger partial charge in [-0.2, -0.15) is 14.4 Å². The van der Waals surface area contributed by atoms with E-state index in [0.29, 0.717) is 23.1 Å². The normalized spacial score (nSPS) is 22.3. The molecule has 2 N–H and O–H groups in total. The molecule has 6 rings (SSSR count). The Morgan fingerprint density at radius 3 is 2.82 bits per heavy atom. The molecule has 1 saturated heterocycles. The number of fused-ring (bicyclic) bond motifs is 2. The van der Waals surface area contributed by atoms with Crippen LogP contribution in [0.1, 0.15) is 32.6 Å². The number of rotatable bonds is 5. The molecule has 10 heteroatoms. The van der Waals surface area contributed by atoms with Crippen LogP contribution in [0.5, 0.6) is 5.88 Å². The molecule has 0 unspecified atom stereocenters. The van der Waals surface area contributed by atoms with Gasteiger partial charge >= 0.3 is 0 Å². The number of amides is 1. The standard InChI is InChI=1S/C24H26FN7O2/c1-24(22(33)31-7-3-4-8-31)9-15(10-24)28-23-29-20-19(21(30-23)34-2)16(11-27-20)14-5-6-18-26-12-17(25)32(18)13-14/h5-6,11-13,15H,3-4,7-10H2,1-2H3,(H2,27,28,29,30). The lowest BCUT2D eigenvalue weighted by Gasteiger charge is -2.45. The van der Waals surface area contributed by atoms with Gasteiger partial charge in [0.25, 0.3) is 0 Å². The molecule has 5 heterocycles. The third-order valence-electron chi connectivity index (χ3n) is 7.10. The average Bonchev–Trinajstić information content (AvgIpc) is 3.57. The molecule has 4 aromatic rings. The van der Waals surface area contributed by atoms with Gasteiger partial charge in [0.1, 0.15) is 11.3 Å². The zero-order chi connectivity index (χ0) is 23.4. The van der Waals surface area contributed by atoms with Crippen molar-refractivity contribution in [2.45, 2.75) is 38.6 Å². The maximum Gasteiger partial charge on any atom is 0.228 e. The number of H-pyrrole nitrogens is 1. The molecule has 34 heavy (non-hydrogen) atoms. The van der Waals surface area contributed by atoms with Crippen molar-refractivity contribution >= 4 is 28.5 Å². The van der Waals surface area contributed by atoms with E-state index in [1.165, 1.54) is 10.6 Å². The highest BCUT2D eigenvalue weighted by atomic mass is 19.1. The number of anilines is 1. The number of carbonyl (C=O) groups is 1. The Hall–Kier alpha value is -3.69. The van der Waals surface area contributed by atoms with Crippen LogP contribution in [-0.2, 0) is 4.79 Å². The minimum Gasteiger partial charge on any atom is -0.480 e. The summed E-state index contributed by atoms with van der Waals surface area (Å²) < 4.78 is 21.0. The Labute approximate surface area is 195 Å². The molecule has 0 spiro atoms. The molecule has 1 saturated carbocycles. The van der Waals surface area contributed by atoms with Gasteiger partial charge in [-0.25, -0.2) is 4.98 Å². The quantitative estimate of drug-likeness (QED) is 0.469. The molecular formula is C24H26FN7O2. The summed E-state index contributed by atoms with van der Waals surface area (Å²) in [4.78, 5) is 31.3. The summed E-state index contributed by atoms with van der Waals surface area (Å²) >= 11 is 0. The van der Waals surface area contributed by atoms with Gasteiger partial charge in [-0.05, 0) is 37.8 Å². The van der Waals surface area contributed by atoms with Gasteiger partial charge in [-0.3, -0.25) is 9.20 Å². The van der Waals surface area contributed by atoms with Crippen LogP contribution in [0, 0.1) is 11.4 Å². The number of aromatic nitrogens is 5. The van der Waals surface area contributed by atoms with Crippen molar-refractivity contribution in [1.29, 1.82) is 0 Å². The number of nitrogens with zero attached hydrogens (tertiary/aromatic N) is 5. The molecule has 1 aliphatic carbocycles. The molecule has 0 radical (unpaired) electrons. The lowest BCUT2D eigenvalue weighted by atomic mass is 9.66. The first kappa shape index (κ1) is 20.9. The number of imidazole rings is 1. The molecule has 2 fully saturated rings. The Morgan fingerprint density at radius 1 is 1.26 bits per heavy atom. The highest BCUT2D eigenvalue weighted by Gasteiger charge is 2.48. The van der Waals surface area contributed by atoms with Crippen molar-refractivity contribution in [2.24, 2.45) is 5.41 Å². The summed E-state index contributed by atoms with van der Waals surface area (Å²) in [7, 11) is 1.57. The number of ether oxygens (including phenoxy) is 1. The Balaban J connectivity index is 1.25. The molecule has 0 atom stereocenters. The number of likely N-dealkylation sites (tertiary alicyclic amines) is 1. The summed E-state index contributed by atoms with van der Waals surface area (Å²) in [6.07, 6.45) is 8.40. The highest BCUT2D eigenvalue weighted by molar-refractivity contribution is 5.97. The molecule has 1 aliphatic heterocycles. The van der Waals surface area contributed by atoms with E-state index in [2.05, 4.69) is 25.3 Å². The highest BCUT2D eigenvalue weighted by Crippen LogP contribution is 2.44.